The van der Waals surface area contributed by atoms with Crippen molar-refractivity contribution in [1.29, 1.82) is 0 Å². The predicted molar refractivity (Wildman–Crippen MR) is 82.7 cm³/mol. The zero-order chi connectivity index (χ0) is 13.8. The van der Waals surface area contributed by atoms with Gasteiger partial charge in [0.25, 0.3) is 0 Å². The van der Waals surface area contributed by atoms with Gasteiger partial charge in [-0.2, -0.15) is 0 Å². The van der Waals surface area contributed by atoms with E-state index in [1.54, 1.807) is 0 Å². The van der Waals surface area contributed by atoms with Crippen molar-refractivity contribution in [3.8, 4) is 0 Å². The zero-order valence-corrected chi connectivity index (χ0v) is 13.0. The van der Waals surface area contributed by atoms with E-state index in [2.05, 4.69) is 43.4 Å². The molecule has 2 rings (SSSR count). The van der Waals surface area contributed by atoms with E-state index in [4.69, 9.17) is 0 Å². The molecule has 1 N–H and O–H groups in total. The normalized spacial score (nSPS) is 29.1. The van der Waals surface area contributed by atoms with Crippen molar-refractivity contribution in [2.45, 2.75) is 50.2 Å². The fourth-order valence-corrected chi connectivity index (χ4v) is 4.93. The van der Waals surface area contributed by atoms with Crippen LogP contribution in [0.1, 0.15) is 37.3 Å². The van der Waals surface area contributed by atoms with Crippen molar-refractivity contribution >= 4 is 10.8 Å². The molecule has 0 aliphatic heterocycles. The maximum Gasteiger partial charge on any atom is 0.0507 e. The molecule has 0 amide bonds. The molecule has 1 fully saturated rings. The van der Waals surface area contributed by atoms with Crippen LogP contribution in [-0.2, 0) is 16.6 Å². The van der Waals surface area contributed by atoms with Crippen LogP contribution in [0.4, 0.5) is 0 Å². The molecular weight excluding hydrogens is 254 g/mol. The Labute approximate surface area is 119 Å². The number of rotatable bonds is 4. The van der Waals surface area contributed by atoms with E-state index in [0.29, 0.717) is 23.0 Å². The van der Waals surface area contributed by atoms with Crippen LogP contribution in [0.25, 0.3) is 0 Å². The fraction of sp³-hybridized carbons (Fsp3) is 0.625. The fourth-order valence-electron chi connectivity index (χ4n) is 3.02. The third-order valence-corrected chi connectivity index (χ3v) is 5.97. The van der Waals surface area contributed by atoms with Crippen LogP contribution >= 0.6 is 0 Å². The summed E-state index contributed by atoms with van der Waals surface area (Å²) >= 11 is 0. The summed E-state index contributed by atoms with van der Waals surface area (Å²) in [7, 11) is 1.22. The van der Waals surface area contributed by atoms with Gasteiger partial charge in [-0.1, -0.05) is 36.8 Å². The highest BCUT2D eigenvalue weighted by Crippen LogP contribution is 2.28. The van der Waals surface area contributed by atoms with Crippen LogP contribution in [-0.4, -0.2) is 22.5 Å². The second kappa shape index (κ2) is 6.67. The minimum atomic E-state index is -0.779. The first-order valence-electron chi connectivity index (χ1n) is 7.20. The van der Waals surface area contributed by atoms with Crippen LogP contribution in [0.2, 0.25) is 0 Å². The molecule has 0 saturated heterocycles. The van der Waals surface area contributed by atoms with Gasteiger partial charge in [0.05, 0.1) is 5.25 Å². The number of benzene rings is 1. The minimum absolute atomic E-state index is 0.300. The zero-order valence-electron chi connectivity index (χ0n) is 12.2. The second-order valence-corrected chi connectivity index (χ2v) is 7.52. The van der Waals surface area contributed by atoms with Crippen molar-refractivity contribution in [3.05, 3.63) is 35.4 Å². The van der Waals surface area contributed by atoms with Crippen LogP contribution in [0, 0.1) is 12.8 Å². The highest BCUT2D eigenvalue weighted by atomic mass is 32.2. The third kappa shape index (κ3) is 3.90. The molecule has 1 aromatic carbocycles. The lowest BCUT2D eigenvalue weighted by Crippen LogP contribution is -2.44. The summed E-state index contributed by atoms with van der Waals surface area (Å²) in [6.45, 7) is 4.37. The molecule has 3 heteroatoms. The molecule has 2 nitrogen and oxygen atoms in total. The van der Waals surface area contributed by atoms with Gasteiger partial charge in [0, 0.05) is 22.6 Å². The molecule has 106 valence electrons. The molecule has 4 atom stereocenters. The van der Waals surface area contributed by atoms with E-state index in [1.807, 2.05) is 7.05 Å². The predicted octanol–water partition coefficient (Wildman–Crippen LogP) is 3.02. The Balaban J connectivity index is 2.05. The smallest absolute Gasteiger partial charge is 0.0507 e. The maximum atomic E-state index is 12.7. The molecule has 0 heterocycles. The van der Waals surface area contributed by atoms with E-state index in [-0.39, 0.29) is 0 Å². The molecule has 0 radical (unpaired) electrons. The molecule has 0 aromatic heterocycles. The van der Waals surface area contributed by atoms with Crippen molar-refractivity contribution in [3.63, 3.8) is 0 Å². The Hall–Kier alpha value is -0.670. The molecule has 0 bridgehead atoms. The number of hydrogen-bond donors (Lipinski definition) is 1. The van der Waals surface area contributed by atoms with Gasteiger partial charge >= 0.3 is 0 Å². The lowest BCUT2D eigenvalue weighted by atomic mass is 9.87. The third-order valence-electron chi connectivity index (χ3n) is 4.15. The molecule has 19 heavy (non-hydrogen) atoms. The van der Waals surface area contributed by atoms with E-state index in [0.717, 1.165) is 12.8 Å². The molecule has 1 aromatic rings. The molecule has 4 unspecified atom stereocenters. The van der Waals surface area contributed by atoms with Crippen molar-refractivity contribution in [2.24, 2.45) is 5.92 Å². The van der Waals surface area contributed by atoms with Gasteiger partial charge < -0.3 is 5.32 Å². The quantitative estimate of drug-likeness (QED) is 0.918. The average Bonchev–Trinajstić information content (AvgIpc) is 2.38. The highest BCUT2D eigenvalue weighted by Gasteiger charge is 2.31. The van der Waals surface area contributed by atoms with Crippen LogP contribution in [0.5, 0.6) is 0 Å². The molecule has 0 spiro atoms. The first-order valence-corrected chi connectivity index (χ1v) is 8.58. The van der Waals surface area contributed by atoms with Gasteiger partial charge in [-0.3, -0.25) is 4.21 Å². The Morgan fingerprint density at radius 3 is 2.84 bits per heavy atom. The minimum Gasteiger partial charge on any atom is -0.316 e. The van der Waals surface area contributed by atoms with Crippen LogP contribution in [0.3, 0.4) is 0 Å². The largest absolute Gasteiger partial charge is 0.316 e. The van der Waals surface area contributed by atoms with Gasteiger partial charge in [0.15, 0.2) is 0 Å². The summed E-state index contributed by atoms with van der Waals surface area (Å²) in [5.74, 6) is 1.40. The van der Waals surface area contributed by atoms with Gasteiger partial charge in [-0.15, -0.1) is 0 Å². The first kappa shape index (κ1) is 14.7. The summed E-state index contributed by atoms with van der Waals surface area (Å²) in [5.41, 5.74) is 2.45. The monoisotopic (exact) mass is 279 g/mol. The SMILES string of the molecule is CNC1CCC(C)CC1S(=O)Cc1cccc(C)c1. The number of hydrogen-bond acceptors (Lipinski definition) is 2. The summed E-state index contributed by atoms with van der Waals surface area (Å²) in [4.78, 5) is 0. The van der Waals surface area contributed by atoms with Crippen molar-refractivity contribution in [2.75, 3.05) is 7.05 Å². The summed E-state index contributed by atoms with van der Waals surface area (Å²) in [5, 5.41) is 3.66. The molecule has 1 aliphatic rings. The summed E-state index contributed by atoms with van der Waals surface area (Å²) < 4.78 is 12.7. The summed E-state index contributed by atoms with van der Waals surface area (Å²) in [6.07, 6.45) is 3.50. The summed E-state index contributed by atoms with van der Waals surface area (Å²) in [6, 6.07) is 8.80. The maximum absolute atomic E-state index is 12.7. The molecular formula is C16H25NOS. The molecule has 1 aliphatic carbocycles. The van der Waals surface area contributed by atoms with Gasteiger partial charge in [-0.05, 0) is 44.7 Å². The van der Waals surface area contributed by atoms with E-state index >= 15 is 0 Å². The Kier molecular flexibility index (Phi) is 5.17. The number of aryl methyl sites for hydroxylation is 1. The molecule has 1 saturated carbocycles. The van der Waals surface area contributed by atoms with Crippen molar-refractivity contribution < 1.29 is 4.21 Å². The Morgan fingerprint density at radius 1 is 1.37 bits per heavy atom. The van der Waals surface area contributed by atoms with Crippen LogP contribution < -0.4 is 5.32 Å². The standard InChI is InChI=1S/C16H25NOS/c1-12-5-4-6-14(9-12)11-19(18)16-10-13(2)7-8-15(16)17-3/h4-6,9,13,15-17H,7-8,10-11H2,1-3H3. The van der Waals surface area contributed by atoms with E-state index in [1.165, 1.54) is 17.5 Å². The Bertz CT molecular complexity index is 446. The van der Waals surface area contributed by atoms with Crippen molar-refractivity contribution in [1.82, 2.24) is 5.32 Å². The lowest BCUT2D eigenvalue weighted by Gasteiger charge is -2.34. The topological polar surface area (TPSA) is 29.1 Å². The van der Waals surface area contributed by atoms with Gasteiger partial charge in [0.2, 0.25) is 0 Å². The number of nitrogens with one attached hydrogen (secondary N) is 1. The van der Waals surface area contributed by atoms with Crippen LogP contribution in [0.15, 0.2) is 24.3 Å². The van der Waals surface area contributed by atoms with E-state index < -0.39 is 10.8 Å². The Morgan fingerprint density at radius 2 is 2.16 bits per heavy atom. The van der Waals surface area contributed by atoms with Gasteiger partial charge in [-0.25, -0.2) is 0 Å². The first-order chi connectivity index (χ1) is 9.10. The average molecular weight is 279 g/mol. The highest BCUT2D eigenvalue weighted by molar-refractivity contribution is 7.84. The van der Waals surface area contributed by atoms with Gasteiger partial charge in [0.1, 0.15) is 0 Å². The second-order valence-electron chi connectivity index (χ2n) is 5.87. The lowest BCUT2D eigenvalue weighted by molar-refractivity contribution is 0.324. The van der Waals surface area contributed by atoms with E-state index in [9.17, 15) is 4.21 Å².